The summed E-state index contributed by atoms with van der Waals surface area (Å²) in [4.78, 5) is 10.8. The first-order valence-electron chi connectivity index (χ1n) is 10.6. The van der Waals surface area contributed by atoms with Crippen LogP contribution in [0.15, 0.2) is 42.5 Å². The number of carboxylic acids is 1. The van der Waals surface area contributed by atoms with Crippen molar-refractivity contribution < 1.29 is 28.3 Å². The number of carboxylic acid groups (broad SMARTS) is 1. The summed E-state index contributed by atoms with van der Waals surface area (Å²) in [6.07, 6.45) is 0.719. The number of aliphatic carboxylic acids is 1. The smallest absolute Gasteiger partial charge is 0.489 e. The van der Waals surface area contributed by atoms with Crippen LogP contribution in [0.5, 0.6) is 5.75 Å². The minimum absolute atomic E-state index is 0.140. The van der Waals surface area contributed by atoms with Gasteiger partial charge in [-0.1, -0.05) is 25.1 Å². The molecule has 5 nitrogen and oxygen atoms in total. The monoisotopic (exact) mass is 428 g/mol. The molecule has 2 aromatic rings. The number of hydrogen-bond acceptors (Lipinski definition) is 4. The fourth-order valence-corrected chi connectivity index (χ4v) is 3.46. The molecular weight excluding hydrogens is 398 g/mol. The van der Waals surface area contributed by atoms with Gasteiger partial charge in [-0.15, -0.1) is 0 Å². The number of ether oxygens (including phenoxy) is 1. The molecule has 0 saturated carbocycles. The minimum atomic E-state index is -0.792. The molecule has 0 aliphatic carbocycles. The van der Waals surface area contributed by atoms with E-state index in [9.17, 15) is 9.18 Å². The van der Waals surface area contributed by atoms with E-state index in [0.29, 0.717) is 17.7 Å². The van der Waals surface area contributed by atoms with Gasteiger partial charge >= 0.3 is 13.1 Å². The van der Waals surface area contributed by atoms with Crippen LogP contribution in [0.4, 0.5) is 4.39 Å². The van der Waals surface area contributed by atoms with Gasteiger partial charge in [-0.25, -0.2) is 4.39 Å². The van der Waals surface area contributed by atoms with E-state index >= 15 is 0 Å². The first-order chi connectivity index (χ1) is 14.5. The third kappa shape index (κ3) is 5.46. The summed E-state index contributed by atoms with van der Waals surface area (Å²) < 4.78 is 32.1. The lowest BCUT2D eigenvalue weighted by Crippen LogP contribution is -2.41. The summed E-state index contributed by atoms with van der Waals surface area (Å²) in [6, 6.07) is 12.1. The van der Waals surface area contributed by atoms with Gasteiger partial charge in [0, 0.05) is 6.42 Å². The van der Waals surface area contributed by atoms with Gasteiger partial charge in [-0.05, 0) is 80.9 Å². The lowest BCUT2D eigenvalue weighted by molar-refractivity contribution is -0.137. The molecule has 1 unspecified atom stereocenters. The van der Waals surface area contributed by atoms with E-state index in [1.807, 2.05) is 58.9 Å². The highest BCUT2D eigenvalue weighted by atomic mass is 19.1. The Morgan fingerprint density at radius 1 is 1.10 bits per heavy atom. The first kappa shape index (κ1) is 23.3. The fraction of sp³-hybridized carbons (Fsp3) is 0.458. The van der Waals surface area contributed by atoms with E-state index < -0.39 is 24.3 Å². The second-order valence-electron chi connectivity index (χ2n) is 9.12. The lowest BCUT2D eigenvalue weighted by atomic mass is 9.76. The van der Waals surface area contributed by atoms with Crippen LogP contribution in [0.1, 0.15) is 64.5 Å². The predicted molar refractivity (Wildman–Crippen MR) is 118 cm³/mol. The van der Waals surface area contributed by atoms with Gasteiger partial charge < -0.3 is 19.2 Å². The number of rotatable bonds is 8. The Morgan fingerprint density at radius 2 is 1.71 bits per heavy atom. The molecule has 1 N–H and O–H groups in total. The maximum absolute atomic E-state index is 14.0. The molecule has 1 aliphatic rings. The van der Waals surface area contributed by atoms with Crippen LogP contribution in [-0.4, -0.2) is 29.4 Å². The third-order valence-electron chi connectivity index (χ3n) is 6.25. The van der Waals surface area contributed by atoms with Crippen molar-refractivity contribution in [1.82, 2.24) is 0 Å². The zero-order valence-corrected chi connectivity index (χ0v) is 18.8. The van der Waals surface area contributed by atoms with Crippen LogP contribution in [-0.2, 0) is 20.7 Å². The van der Waals surface area contributed by atoms with E-state index in [-0.39, 0.29) is 24.8 Å². The second kappa shape index (κ2) is 9.01. The predicted octanol–water partition coefficient (Wildman–Crippen LogP) is 4.67. The molecule has 0 radical (unpaired) electrons. The van der Waals surface area contributed by atoms with E-state index in [1.165, 1.54) is 12.1 Å². The number of halogens is 1. The van der Waals surface area contributed by atoms with Crippen LogP contribution in [0, 0.1) is 5.82 Å². The van der Waals surface area contributed by atoms with Crippen molar-refractivity contribution in [1.29, 1.82) is 0 Å². The van der Waals surface area contributed by atoms with Crippen LogP contribution < -0.4 is 10.2 Å². The molecule has 166 valence electrons. The topological polar surface area (TPSA) is 65.0 Å². The Labute approximate surface area is 183 Å². The summed E-state index contributed by atoms with van der Waals surface area (Å²) in [5, 5.41) is 8.84. The molecule has 0 amide bonds. The number of carbonyl (C=O) groups is 1. The Balaban J connectivity index is 1.70. The first-order valence-corrected chi connectivity index (χ1v) is 10.6. The molecule has 1 saturated heterocycles. The molecule has 0 aromatic heterocycles. The molecule has 1 atom stereocenters. The molecule has 1 fully saturated rings. The summed E-state index contributed by atoms with van der Waals surface area (Å²) in [5.74, 6) is -0.345. The van der Waals surface area contributed by atoms with Crippen LogP contribution in [0.3, 0.4) is 0 Å². The Bertz CT molecular complexity index is 910. The zero-order valence-electron chi connectivity index (χ0n) is 18.8. The van der Waals surface area contributed by atoms with E-state index in [2.05, 4.69) is 0 Å². The number of benzene rings is 2. The zero-order chi connectivity index (χ0) is 22.8. The average molecular weight is 428 g/mol. The fourth-order valence-electron chi connectivity index (χ4n) is 3.46. The van der Waals surface area contributed by atoms with Crippen molar-refractivity contribution in [3.8, 4) is 5.75 Å². The Kier molecular flexibility index (Phi) is 6.77. The standard InChI is InChI=1S/C24H30BFO5/c1-16(6-13-22(27)28)17-7-10-20(11-8-17)29-15-18-14-19(26)9-12-21(18)25-30-23(2,3)24(4,5)31-25/h7-12,14,16H,6,13,15H2,1-5H3,(H,27,28). The van der Waals surface area contributed by atoms with E-state index in [0.717, 1.165) is 11.0 Å². The van der Waals surface area contributed by atoms with Crippen LogP contribution in [0.25, 0.3) is 0 Å². The SMILES string of the molecule is CC(CCC(=O)O)c1ccc(OCc2cc(F)ccc2B2OC(C)(C)C(C)(C)O2)cc1. The van der Waals surface area contributed by atoms with E-state index in [1.54, 1.807) is 6.07 Å². The molecular formula is C24H30BFO5. The number of hydrogen-bond donors (Lipinski definition) is 1. The highest BCUT2D eigenvalue weighted by Gasteiger charge is 2.52. The summed E-state index contributed by atoms with van der Waals surface area (Å²) in [6.45, 7) is 10.1. The highest BCUT2D eigenvalue weighted by Crippen LogP contribution is 2.36. The van der Waals surface area contributed by atoms with Crippen molar-refractivity contribution in [3.05, 3.63) is 59.4 Å². The van der Waals surface area contributed by atoms with Gasteiger partial charge in [0.2, 0.25) is 0 Å². The molecule has 2 aromatic carbocycles. The van der Waals surface area contributed by atoms with Crippen molar-refractivity contribution in [2.45, 2.75) is 71.2 Å². The Morgan fingerprint density at radius 3 is 2.29 bits per heavy atom. The van der Waals surface area contributed by atoms with Crippen molar-refractivity contribution in [3.63, 3.8) is 0 Å². The highest BCUT2D eigenvalue weighted by molar-refractivity contribution is 6.62. The maximum atomic E-state index is 14.0. The van der Waals surface area contributed by atoms with Gasteiger partial charge in [-0.2, -0.15) is 0 Å². The van der Waals surface area contributed by atoms with Crippen LogP contribution in [0.2, 0.25) is 0 Å². The minimum Gasteiger partial charge on any atom is -0.489 e. The lowest BCUT2D eigenvalue weighted by Gasteiger charge is -2.32. The normalized spacial score (nSPS) is 18.1. The molecule has 1 heterocycles. The molecule has 7 heteroatoms. The maximum Gasteiger partial charge on any atom is 0.495 e. The van der Waals surface area contributed by atoms with Gasteiger partial charge in [0.05, 0.1) is 11.2 Å². The molecule has 0 bridgehead atoms. The van der Waals surface area contributed by atoms with Gasteiger partial charge in [0.25, 0.3) is 0 Å². The molecule has 0 spiro atoms. The Hall–Kier alpha value is -2.38. The van der Waals surface area contributed by atoms with Gasteiger partial charge in [-0.3, -0.25) is 4.79 Å². The quantitative estimate of drug-likeness (QED) is 0.619. The molecule has 3 rings (SSSR count). The van der Waals surface area contributed by atoms with Crippen molar-refractivity contribution in [2.24, 2.45) is 0 Å². The second-order valence-corrected chi connectivity index (χ2v) is 9.12. The summed E-state index contributed by atoms with van der Waals surface area (Å²) in [5.41, 5.74) is 1.49. The van der Waals surface area contributed by atoms with Gasteiger partial charge in [0.1, 0.15) is 18.2 Å². The molecule has 31 heavy (non-hydrogen) atoms. The van der Waals surface area contributed by atoms with Crippen molar-refractivity contribution >= 4 is 18.6 Å². The van der Waals surface area contributed by atoms with Crippen LogP contribution >= 0.6 is 0 Å². The van der Waals surface area contributed by atoms with Crippen molar-refractivity contribution in [2.75, 3.05) is 0 Å². The summed E-state index contributed by atoms with van der Waals surface area (Å²) >= 11 is 0. The average Bonchev–Trinajstić information content (AvgIpc) is 2.92. The largest absolute Gasteiger partial charge is 0.495 e. The van der Waals surface area contributed by atoms with E-state index in [4.69, 9.17) is 19.2 Å². The van der Waals surface area contributed by atoms with Gasteiger partial charge in [0.15, 0.2) is 0 Å². The summed E-state index contributed by atoms with van der Waals surface area (Å²) in [7, 11) is -0.596. The third-order valence-corrected chi connectivity index (χ3v) is 6.25. The molecule has 1 aliphatic heterocycles.